The molecule has 6 heteroatoms. The van der Waals surface area contributed by atoms with E-state index < -0.39 is 11.9 Å². The first-order valence-corrected chi connectivity index (χ1v) is 7.33. The molecule has 118 valence electrons. The zero-order valence-corrected chi connectivity index (χ0v) is 12.3. The van der Waals surface area contributed by atoms with Crippen LogP contribution >= 0.6 is 0 Å². The lowest BCUT2D eigenvalue weighted by atomic mass is 10.1. The molecule has 1 heterocycles. The molecular formula is C16H18F3N3. The Morgan fingerprint density at radius 1 is 1.18 bits per heavy atom. The quantitative estimate of drug-likeness (QED) is 0.914. The summed E-state index contributed by atoms with van der Waals surface area (Å²) in [5, 5.41) is 6.55. The van der Waals surface area contributed by atoms with Gasteiger partial charge in [-0.1, -0.05) is 24.3 Å². The van der Waals surface area contributed by atoms with Crippen LogP contribution in [0, 0.1) is 0 Å². The fourth-order valence-electron chi connectivity index (χ4n) is 2.57. The molecule has 0 bridgehead atoms. The zero-order chi connectivity index (χ0) is 15.7. The van der Waals surface area contributed by atoms with Crippen molar-refractivity contribution < 1.29 is 13.2 Å². The van der Waals surface area contributed by atoms with Crippen molar-refractivity contribution >= 4 is 0 Å². The molecule has 1 aliphatic carbocycles. The van der Waals surface area contributed by atoms with Crippen LogP contribution in [0.2, 0.25) is 0 Å². The van der Waals surface area contributed by atoms with Crippen molar-refractivity contribution in [1.29, 1.82) is 0 Å². The van der Waals surface area contributed by atoms with Crippen molar-refractivity contribution in [2.75, 3.05) is 0 Å². The van der Waals surface area contributed by atoms with Crippen LogP contribution in [0.3, 0.4) is 0 Å². The third kappa shape index (κ3) is 3.50. The minimum absolute atomic E-state index is 0.146. The molecule has 0 atom stereocenters. The lowest BCUT2D eigenvalue weighted by Gasteiger charge is -2.08. The molecule has 2 aromatic rings. The topological polar surface area (TPSA) is 29.9 Å². The van der Waals surface area contributed by atoms with Gasteiger partial charge < -0.3 is 5.32 Å². The number of hydrogen-bond donors (Lipinski definition) is 1. The number of hydrogen-bond acceptors (Lipinski definition) is 2. The van der Waals surface area contributed by atoms with Gasteiger partial charge in [-0.15, -0.1) is 0 Å². The van der Waals surface area contributed by atoms with Gasteiger partial charge in [0.1, 0.15) is 0 Å². The van der Waals surface area contributed by atoms with E-state index in [0.717, 1.165) is 5.56 Å². The Hall–Kier alpha value is -1.82. The Labute approximate surface area is 127 Å². The van der Waals surface area contributed by atoms with E-state index in [1.54, 1.807) is 0 Å². The summed E-state index contributed by atoms with van der Waals surface area (Å²) >= 11 is 0. The Morgan fingerprint density at radius 2 is 1.86 bits per heavy atom. The van der Waals surface area contributed by atoms with Crippen LogP contribution in [0.4, 0.5) is 13.2 Å². The summed E-state index contributed by atoms with van der Waals surface area (Å²) in [5.41, 5.74) is 1.79. The number of alkyl halides is 3. The van der Waals surface area contributed by atoms with Crippen molar-refractivity contribution in [2.24, 2.45) is 7.05 Å². The molecule has 0 spiro atoms. The van der Waals surface area contributed by atoms with E-state index in [1.165, 1.54) is 36.3 Å². The average Bonchev–Trinajstić information content (AvgIpc) is 3.22. The van der Waals surface area contributed by atoms with Gasteiger partial charge in [0.25, 0.3) is 0 Å². The number of benzene rings is 1. The SMILES string of the molecule is Cn1cc(CNCc2ccc(C3CC3)cc2)c(C(F)(F)F)n1. The predicted octanol–water partition coefficient (Wildman–Crippen LogP) is 3.61. The Kier molecular flexibility index (Phi) is 3.95. The van der Waals surface area contributed by atoms with E-state index in [2.05, 4.69) is 22.5 Å². The highest BCUT2D eigenvalue weighted by molar-refractivity contribution is 5.28. The number of rotatable bonds is 5. The normalized spacial score (nSPS) is 15.3. The van der Waals surface area contributed by atoms with Crippen molar-refractivity contribution in [3.8, 4) is 0 Å². The Balaban J connectivity index is 1.58. The predicted molar refractivity (Wildman–Crippen MR) is 77.2 cm³/mol. The first-order valence-electron chi connectivity index (χ1n) is 7.33. The minimum atomic E-state index is -4.41. The third-order valence-corrected chi connectivity index (χ3v) is 3.85. The Morgan fingerprint density at radius 3 is 2.45 bits per heavy atom. The number of halogens is 3. The van der Waals surface area contributed by atoms with Gasteiger partial charge in [-0.25, -0.2) is 0 Å². The monoisotopic (exact) mass is 309 g/mol. The third-order valence-electron chi connectivity index (χ3n) is 3.85. The van der Waals surface area contributed by atoms with Crippen molar-refractivity contribution in [3.05, 3.63) is 52.8 Å². The molecule has 3 rings (SSSR count). The average molecular weight is 309 g/mol. The molecule has 0 aliphatic heterocycles. The van der Waals surface area contributed by atoms with Crippen molar-refractivity contribution in [1.82, 2.24) is 15.1 Å². The summed E-state index contributed by atoms with van der Waals surface area (Å²) in [4.78, 5) is 0. The lowest BCUT2D eigenvalue weighted by molar-refractivity contribution is -0.142. The zero-order valence-electron chi connectivity index (χ0n) is 12.3. The van der Waals surface area contributed by atoms with E-state index >= 15 is 0 Å². The van der Waals surface area contributed by atoms with Crippen LogP contribution in [-0.4, -0.2) is 9.78 Å². The number of aryl methyl sites for hydroxylation is 1. The maximum atomic E-state index is 12.8. The first kappa shape index (κ1) is 15.1. The Bertz CT molecular complexity index is 640. The van der Waals surface area contributed by atoms with E-state index in [-0.39, 0.29) is 12.1 Å². The second-order valence-electron chi connectivity index (χ2n) is 5.79. The van der Waals surface area contributed by atoms with Gasteiger partial charge in [0.15, 0.2) is 5.69 Å². The van der Waals surface area contributed by atoms with Crippen LogP contribution in [0.25, 0.3) is 0 Å². The molecule has 1 aliphatic rings. The van der Waals surface area contributed by atoms with Gasteiger partial charge in [0, 0.05) is 31.9 Å². The second kappa shape index (κ2) is 5.76. The van der Waals surface area contributed by atoms with Gasteiger partial charge in [-0.2, -0.15) is 18.3 Å². The summed E-state index contributed by atoms with van der Waals surface area (Å²) < 4.78 is 39.7. The molecule has 1 saturated carbocycles. The highest BCUT2D eigenvalue weighted by Crippen LogP contribution is 2.39. The fourth-order valence-corrected chi connectivity index (χ4v) is 2.57. The number of aromatic nitrogens is 2. The summed E-state index contributed by atoms with van der Waals surface area (Å²) in [6.45, 7) is 0.685. The molecule has 0 radical (unpaired) electrons. The molecule has 0 amide bonds. The van der Waals surface area contributed by atoms with Crippen LogP contribution in [0.5, 0.6) is 0 Å². The van der Waals surface area contributed by atoms with Crippen LogP contribution in [0.15, 0.2) is 30.5 Å². The van der Waals surface area contributed by atoms with E-state index in [4.69, 9.17) is 0 Å². The number of nitrogens with one attached hydrogen (secondary N) is 1. The van der Waals surface area contributed by atoms with E-state index in [9.17, 15) is 13.2 Å². The molecule has 1 aromatic carbocycles. The van der Waals surface area contributed by atoms with Gasteiger partial charge in [0.05, 0.1) is 0 Å². The highest BCUT2D eigenvalue weighted by atomic mass is 19.4. The summed E-state index contributed by atoms with van der Waals surface area (Å²) in [6.07, 6.45) is -0.478. The molecule has 3 nitrogen and oxygen atoms in total. The first-order chi connectivity index (χ1) is 10.4. The fraction of sp³-hybridized carbons (Fsp3) is 0.438. The lowest BCUT2D eigenvalue weighted by Crippen LogP contribution is -2.16. The molecule has 22 heavy (non-hydrogen) atoms. The van der Waals surface area contributed by atoms with Gasteiger partial charge in [-0.05, 0) is 29.9 Å². The van der Waals surface area contributed by atoms with Gasteiger partial charge >= 0.3 is 6.18 Å². The smallest absolute Gasteiger partial charge is 0.308 e. The van der Waals surface area contributed by atoms with E-state index in [0.29, 0.717) is 12.5 Å². The maximum absolute atomic E-state index is 12.8. The molecular weight excluding hydrogens is 291 g/mol. The summed E-state index contributed by atoms with van der Waals surface area (Å²) in [6, 6.07) is 8.29. The number of nitrogens with zero attached hydrogens (tertiary/aromatic N) is 2. The van der Waals surface area contributed by atoms with Gasteiger partial charge in [0.2, 0.25) is 0 Å². The highest BCUT2D eigenvalue weighted by Gasteiger charge is 2.36. The van der Waals surface area contributed by atoms with Crippen LogP contribution < -0.4 is 5.32 Å². The molecule has 1 aromatic heterocycles. The standard InChI is InChI=1S/C16H18F3N3/c1-22-10-14(15(21-22)16(17,18)19)9-20-8-11-2-4-12(5-3-11)13-6-7-13/h2-5,10,13,20H,6-9H2,1H3. The second-order valence-corrected chi connectivity index (χ2v) is 5.79. The van der Waals surface area contributed by atoms with Crippen molar-refractivity contribution in [2.45, 2.75) is 38.0 Å². The molecule has 0 unspecified atom stereocenters. The van der Waals surface area contributed by atoms with Crippen molar-refractivity contribution in [3.63, 3.8) is 0 Å². The van der Waals surface area contributed by atoms with Crippen LogP contribution in [-0.2, 0) is 26.3 Å². The van der Waals surface area contributed by atoms with Crippen LogP contribution in [0.1, 0.15) is 41.1 Å². The summed E-state index contributed by atoms with van der Waals surface area (Å²) in [5.74, 6) is 0.715. The largest absolute Gasteiger partial charge is 0.435 e. The van der Waals surface area contributed by atoms with Gasteiger partial charge in [-0.3, -0.25) is 4.68 Å². The van der Waals surface area contributed by atoms with E-state index in [1.807, 2.05) is 12.1 Å². The summed E-state index contributed by atoms with van der Waals surface area (Å²) in [7, 11) is 1.50. The molecule has 0 saturated heterocycles. The minimum Gasteiger partial charge on any atom is -0.308 e. The molecule has 1 fully saturated rings. The maximum Gasteiger partial charge on any atom is 0.435 e. The molecule has 1 N–H and O–H groups in total.